The molecule has 3 rings (SSSR count). The van der Waals surface area contributed by atoms with Gasteiger partial charge in [0.1, 0.15) is 0 Å². The predicted octanol–water partition coefficient (Wildman–Crippen LogP) is 5.03. The van der Waals surface area contributed by atoms with Crippen molar-refractivity contribution in [2.75, 3.05) is 0 Å². The number of nitrogens with zero attached hydrogens (tertiary/aromatic N) is 2. The van der Waals surface area contributed by atoms with Gasteiger partial charge in [0.15, 0.2) is 0 Å². The molecule has 0 bridgehead atoms. The van der Waals surface area contributed by atoms with Gasteiger partial charge < -0.3 is 0 Å². The summed E-state index contributed by atoms with van der Waals surface area (Å²) in [5.74, 6) is -0.121. The lowest BCUT2D eigenvalue weighted by atomic mass is 10.1. The van der Waals surface area contributed by atoms with E-state index >= 15 is 0 Å². The minimum atomic E-state index is -0.121. The lowest BCUT2D eigenvalue weighted by molar-refractivity contribution is 0.0942. The fourth-order valence-corrected chi connectivity index (χ4v) is 3.63. The van der Waals surface area contributed by atoms with Crippen molar-refractivity contribution in [3.63, 3.8) is 0 Å². The van der Waals surface area contributed by atoms with Gasteiger partial charge in [0.05, 0.1) is 11.4 Å². The molecule has 0 atom stereocenters. The molecule has 0 spiro atoms. The van der Waals surface area contributed by atoms with Crippen molar-refractivity contribution >= 4 is 37.8 Å². The SMILES string of the molecule is O=C(c1ccccc1)n1nc(-c2ccccc2)c(CBr)c1CBr. The molecular weight excluding hydrogens is 420 g/mol. The van der Waals surface area contributed by atoms with Crippen molar-refractivity contribution in [2.24, 2.45) is 0 Å². The topological polar surface area (TPSA) is 34.9 Å². The zero-order valence-electron chi connectivity index (χ0n) is 12.2. The summed E-state index contributed by atoms with van der Waals surface area (Å²) in [7, 11) is 0. The minimum Gasteiger partial charge on any atom is -0.267 e. The summed E-state index contributed by atoms with van der Waals surface area (Å²) in [4.78, 5) is 12.8. The van der Waals surface area contributed by atoms with E-state index < -0.39 is 0 Å². The predicted molar refractivity (Wildman–Crippen MR) is 99.1 cm³/mol. The summed E-state index contributed by atoms with van der Waals surface area (Å²) in [5.41, 5.74) is 4.36. The number of benzene rings is 2. The molecule has 1 heterocycles. The van der Waals surface area contributed by atoms with Crippen molar-refractivity contribution in [1.82, 2.24) is 9.78 Å². The number of hydrogen-bond acceptors (Lipinski definition) is 2. The first-order valence-corrected chi connectivity index (χ1v) is 9.38. The van der Waals surface area contributed by atoms with Gasteiger partial charge in [0, 0.05) is 27.4 Å². The molecule has 0 aliphatic heterocycles. The number of aromatic nitrogens is 2. The van der Waals surface area contributed by atoms with Crippen LogP contribution in [0.5, 0.6) is 0 Å². The second kappa shape index (κ2) is 7.23. The summed E-state index contributed by atoms with van der Waals surface area (Å²) in [6.07, 6.45) is 0. The smallest absolute Gasteiger partial charge is 0.267 e. The van der Waals surface area contributed by atoms with Gasteiger partial charge in [-0.3, -0.25) is 4.79 Å². The molecule has 2 aromatic carbocycles. The van der Waals surface area contributed by atoms with E-state index in [0.29, 0.717) is 16.2 Å². The average Bonchev–Trinajstić information content (AvgIpc) is 3.01. The first kappa shape index (κ1) is 16.1. The maximum absolute atomic E-state index is 12.8. The summed E-state index contributed by atoms with van der Waals surface area (Å²) < 4.78 is 1.50. The Morgan fingerprint density at radius 3 is 2.09 bits per heavy atom. The molecule has 0 N–H and O–H groups in total. The highest BCUT2D eigenvalue weighted by molar-refractivity contribution is 9.09. The van der Waals surface area contributed by atoms with Gasteiger partial charge in [0.25, 0.3) is 5.91 Å². The van der Waals surface area contributed by atoms with E-state index in [1.165, 1.54) is 4.68 Å². The lowest BCUT2D eigenvalue weighted by Gasteiger charge is -2.05. The van der Waals surface area contributed by atoms with E-state index in [1.54, 1.807) is 12.1 Å². The third kappa shape index (κ3) is 3.16. The molecule has 0 unspecified atom stereocenters. The Kier molecular flexibility index (Phi) is 5.08. The van der Waals surface area contributed by atoms with E-state index in [-0.39, 0.29) is 5.91 Å². The Bertz CT molecular complexity index is 814. The van der Waals surface area contributed by atoms with Gasteiger partial charge in [-0.25, -0.2) is 0 Å². The summed E-state index contributed by atoms with van der Waals surface area (Å²) in [5, 5.41) is 5.81. The van der Waals surface area contributed by atoms with E-state index in [2.05, 4.69) is 37.0 Å². The summed E-state index contributed by atoms with van der Waals surface area (Å²) in [6.45, 7) is 0. The molecule has 0 fully saturated rings. The van der Waals surface area contributed by atoms with Crippen molar-refractivity contribution in [1.29, 1.82) is 0 Å². The van der Waals surface area contributed by atoms with E-state index in [1.807, 2.05) is 48.5 Å². The van der Waals surface area contributed by atoms with Gasteiger partial charge in [-0.05, 0) is 12.1 Å². The molecular formula is C18H14Br2N2O. The number of carbonyl (C=O) groups excluding carboxylic acids is 1. The number of hydrogen-bond donors (Lipinski definition) is 0. The molecule has 0 saturated carbocycles. The third-order valence-corrected chi connectivity index (χ3v) is 4.70. The Labute approximate surface area is 151 Å². The van der Waals surface area contributed by atoms with Crippen LogP contribution in [-0.2, 0) is 10.7 Å². The van der Waals surface area contributed by atoms with Crippen LogP contribution in [-0.4, -0.2) is 15.7 Å². The fraction of sp³-hybridized carbons (Fsp3) is 0.111. The molecule has 23 heavy (non-hydrogen) atoms. The normalized spacial score (nSPS) is 10.7. The monoisotopic (exact) mass is 432 g/mol. The summed E-state index contributed by atoms with van der Waals surface area (Å²) >= 11 is 7.02. The maximum atomic E-state index is 12.8. The van der Waals surface area contributed by atoms with Crippen LogP contribution in [0.1, 0.15) is 21.6 Å². The van der Waals surface area contributed by atoms with Crippen molar-refractivity contribution in [3.05, 3.63) is 77.5 Å². The number of alkyl halides is 2. The van der Waals surface area contributed by atoms with Gasteiger partial charge in [0.2, 0.25) is 0 Å². The standard InChI is InChI=1S/C18H14Br2N2O/c19-11-15-16(12-20)22(18(23)14-9-5-2-6-10-14)21-17(15)13-7-3-1-4-8-13/h1-10H,11-12H2. The van der Waals surface area contributed by atoms with Crippen LogP contribution in [0.15, 0.2) is 60.7 Å². The zero-order valence-corrected chi connectivity index (χ0v) is 15.4. The molecule has 3 aromatic rings. The number of halogens is 2. The van der Waals surface area contributed by atoms with Crippen molar-refractivity contribution < 1.29 is 4.79 Å². The maximum Gasteiger partial charge on any atom is 0.278 e. The Balaban J connectivity index is 2.15. The Hall–Kier alpha value is -1.72. The molecule has 0 amide bonds. The van der Waals surface area contributed by atoms with Crippen LogP contribution in [0.2, 0.25) is 0 Å². The zero-order chi connectivity index (χ0) is 16.2. The second-order valence-electron chi connectivity index (χ2n) is 4.99. The van der Waals surface area contributed by atoms with Gasteiger partial charge in [-0.2, -0.15) is 9.78 Å². The van der Waals surface area contributed by atoms with Crippen molar-refractivity contribution in [2.45, 2.75) is 10.7 Å². The highest BCUT2D eigenvalue weighted by Crippen LogP contribution is 2.29. The van der Waals surface area contributed by atoms with E-state index in [0.717, 1.165) is 22.5 Å². The van der Waals surface area contributed by atoms with Gasteiger partial charge >= 0.3 is 0 Å². The van der Waals surface area contributed by atoms with Crippen LogP contribution in [0.3, 0.4) is 0 Å². The van der Waals surface area contributed by atoms with Crippen LogP contribution >= 0.6 is 31.9 Å². The number of carbonyl (C=O) groups is 1. The molecule has 0 saturated heterocycles. The molecule has 5 heteroatoms. The quantitative estimate of drug-likeness (QED) is 0.541. The van der Waals surface area contributed by atoms with Crippen LogP contribution in [0.4, 0.5) is 0 Å². The first-order chi connectivity index (χ1) is 11.3. The molecule has 0 aliphatic rings. The largest absolute Gasteiger partial charge is 0.278 e. The molecule has 3 nitrogen and oxygen atoms in total. The molecule has 1 aromatic heterocycles. The van der Waals surface area contributed by atoms with Crippen LogP contribution in [0.25, 0.3) is 11.3 Å². The Morgan fingerprint density at radius 1 is 0.913 bits per heavy atom. The van der Waals surface area contributed by atoms with E-state index in [9.17, 15) is 4.79 Å². The Morgan fingerprint density at radius 2 is 1.52 bits per heavy atom. The second-order valence-corrected chi connectivity index (χ2v) is 6.11. The first-order valence-electron chi connectivity index (χ1n) is 7.14. The minimum absolute atomic E-state index is 0.121. The fourth-order valence-electron chi connectivity index (χ4n) is 2.46. The molecule has 0 aliphatic carbocycles. The van der Waals surface area contributed by atoms with E-state index in [4.69, 9.17) is 0 Å². The van der Waals surface area contributed by atoms with Gasteiger partial charge in [-0.1, -0.05) is 80.4 Å². The number of rotatable bonds is 4. The molecule has 116 valence electrons. The average molecular weight is 434 g/mol. The van der Waals surface area contributed by atoms with Gasteiger partial charge in [-0.15, -0.1) is 0 Å². The molecule has 0 radical (unpaired) electrons. The van der Waals surface area contributed by atoms with Crippen molar-refractivity contribution in [3.8, 4) is 11.3 Å². The van der Waals surface area contributed by atoms with Crippen LogP contribution < -0.4 is 0 Å². The highest BCUT2D eigenvalue weighted by atomic mass is 79.9. The summed E-state index contributed by atoms with van der Waals surface area (Å²) in [6, 6.07) is 19.1. The third-order valence-electron chi connectivity index (χ3n) is 3.61. The lowest BCUT2D eigenvalue weighted by Crippen LogP contribution is -2.16. The van der Waals surface area contributed by atoms with Crippen LogP contribution in [0, 0.1) is 0 Å². The highest BCUT2D eigenvalue weighted by Gasteiger charge is 2.21.